The average molecular weight is 424 g/mol. The number of benzene rings is 2. The van der Waals surface area contributed by atoms with Crippen LogP contribution in [0, 0.1) is 0 Å². The first-order valence-electron chi connectivity index (χ1n) is 7.84. The maximum atomic E-state index is 12.2. The van der Waals surface area contributed by atoms with Gasteiger partial charge in [-0.2, -0.15) is 0 Å². The molecule has 0 radical (unpaired) electrons. The minimum absolute atomic E-state index is 0.424. The lowest BCUT2D eigenvalue weighted by Gasteiger charge is -2.30. The zero-order chi connectivity index (χ0) is 19.3. The number of hydrogen-bond acceptors (Lipinski definition) is 5. The van der Waals surface area contributed by atoms with Gasteiger partial charge in [0.25, 0.3) is 0 Å². The van der Waals surface area contributed by atoms with Crippen molar-refractivity contribution in [1.29, 1.82) is 0 Å². The number of nitrogens with zero attached hydrogens (tertiary/aromatic N) is 1. The molecule has 0 saturated carbocycles. The standard InChI is InChI=1S/C19H22BrNO5/c1-21(19(22)26-5)16(12-9-7-6-8-10-12)13-11-14(23-2)17(24-3)18(25-4)15(13)20/h6-11,16H,1-5H3/t16-/m0/s1. The lowest BCUT2D eigenvalue weighted by Crippen LogP contribution is -2.32. The van der Waals surface area contributed by atoms with Gasteiger partial charge in [0, 0.05) is 12.6 Å². The van der Waals surface area contributed by atoms with E-state index in [0.717, 1.165) is 11.1 Å². The Morgan fingerprint density at radius 3 is 2.12 bits per heavy atom. The zero-order valence-electron chi connectivity index (χ0n) is 15.4. The molecule has 26 heavy (non-hydrogen) atoms. The highest BCUT2D eigenvalue weighted by molar-refractivity contribution is 9.10. The number of rotatable bonds is 6. The molecule has 0 N–H and O–H groups in total. The first-order chi connectivity index (χ1) is 12.5. The third-order valence-electron chi connectivity index (χ3n) is 4.06. The van der Waals surface area contributed by atoms with Crippen LogP contribution in [-0.4, -0.2) is 46.5 Å². The van der Waals surface area contributed by atoms with E-state index in [1.807, 2.05) is 36.4 Å². The van der Waals surface area contributed by atoms with Gasteiger partial charge in [-0.15, -0.1) is 0 Å². The van der Waals surface area contributed by atoms with Gasteiger partial charge in [0.15, 0.2) is 11.5 Å². The minimum Gasteiger partial charge on any atom is -0.493 e. The Kier molecular flexibility index (Phi) is 6.74. The maximum absolute atomic E-state index is 12.2. The molecule has 7 heteroatoms. The number of halogens is 1. The Hall–Kier alpha value is -2.41. The molecule has 0 aromatic heterocycles. The van der Waals surface area contributed by atoms with Gasteiger partial charge < -0.3 is 23.8 Å². The van der Waals surface area contributed by atoms with Crippen molar-refractivity contribution in [3.63, 3.8) is 0 Å². The molecule has 2 aromatic carbocycles. The van der Waals surface area contributed by atoms with Gasteiger partial charge in [0.05, 0.1) is 39.0 Å². The van der Waals surface area contributed by atoms with Crippen LogP contribution in [0.3, 0.4) is 0 Å². The second kappa shape index (κ2) is 8.80. The first-order valence-corrected chi connectivity index (χ1v) is 8.63. The van der Waals surface area contributed by atoms with Gasteiger partial charge in [-0.05, 0) is 27.6 Å². The molecule has 0 fully saturated rings. The third-order valence-corrected chi connectivity index (χ3v) is 4.88. The molecule has 0 spiro atoms. The smallest absolute Gasteiger partial charge is 0.410 e. The predicted molar refractivity (Wildman–Crippen MR) is 102 cm³/mol. The lowest BCUT2D eigenvalue weighted by atomic mass is 9.96. The fraction of sp³-hybridized carbons (Fsp3) is 0.316. The molecular weight excluding hydrogens is 402 g/mol. The van der Waals surface area contributed by atoms with Crippen molar-refractivity contribution < 1.29 is 23.7 Å². The van der Waals surface area contributed by atoms with Gasteiger partial charge in [-0.25, -0.2) is 4.79 Å². The van der Waals surface area contributed by atoms with Crippen molar-refractivity contribution in [3.05, 3.63) is 52.0 Å². The zero-order valence-corrected chi connectivity index (χ0v) is 17.0. The fourth-order valence-electron chi connectivity index (χ4n) is 2.84. The summed E-state index contributed by atoms with van der Waals surface area (Å²) in [6.07, 6.45) is -0.459. The molecule has 0 heterocycles. The molecule has 0 aliphatic heterocycles. The summed E-state index contributed by atoms with van der Waals surface area (Å²) in [5, 5.41) is 0. The molecule has 0 bridgehead atoms. The Morgan fingerprint density at radius 1 is 1.00 bits per heavy atom. The summed E-state index contributed by atoms with van der Waals surface area (Å²) >= 11 is 3.59. The van der Waals surface area contributed by atoms with E-state index in [1.54, 1.807) is 28.4 Å². The van der Waals surface area contributed by atoms with Crippen molar-refractivity contribution in [2.75, 3.05) is 35.5 Å². The molecule has 2 aromatic rings. The number of hydrogen-bond donors (Lipinski definition) is 0. The van der Waals surface area contributed by atoms with Crippen LogP contribution in [0.1, 0.15) is 17.2 Å². The van der Waals surface area contributed by atoms with Gasteiger partial charge in [-0.1, -0.05) is 30.3 Å². The molecule has 2 rings (SSSR count). The lowest BCUT2D eigenvalue weighted by molar-refractivity contribution is 0.123. The second-order valence-corrected chi connectivity index (χ2v) is 6.24. The van der Waals surface area contributed by atoms with E-state index in [2.05, 4.69) is 15.9 Å². The summed E-state index contributed by atoms with van der Waals surface area (Å²) in [6.45, 7) is 0. The minimum atomic E-state index is -0.459. The topological polar surface area (TPSA) is 57.2 Å². The summed E-state index contributed by atoms with van der Waals surface area (Å²) in [5.74, 6) is 1.46. The number of carbonyl (C=O) groups is 1. The monoisotopic (exact) mass is 423 g/mol. The van der Waals surface area contributed by atoms with Crippen molar-refractivity contribution in [2.45, 2.75) is 6.04 Å². The molecule has 0 aliphatic carbocycles. The van der Waals surface area contributed by atoms with Crippen molar-refractivity contribution in [1.82, 2.24) is 4.90 Å². The summed E-state index contributed by atoms with van der Waals surface area (Å²) in [5.41, 5.74) is 1.69. The molecule has 1 amide bonds. The highest BCUT2D eigenvalue weighted by Crippen LogP contribution is 2.48. The van der Waals surface area contributed by atoms with Crippen LogP contribution in [0.4, 0.5) is 4.79 Å². The SMILES string of the molecule is COC(=O)N(C)[C@@H](c1ccccc1)c1cc(OC)c(OC)c(OC)c1Br. The van der Waals surface area contributed by atoms with Crippen LogP contribution in [0.15, 0.2) is 40.9 Å². The Balaban J connectivity index is 2.74. The summed E-state index contributed by atoms with van der Waals surface area (Å²) in [7, 11) is 7.68. The summed E-state index contributed by atoms with van der Waals surface area (Å²) < 4.78 is 22.0. The van der Waals surface area contributed by atoms with Crippen LogP contribution in [0.5, 0.6) is 17.2 Å². The summed E-state index contributed by atoms with van der Waals surface area (Å²) in [4.78, 5) is 13.8. The van der Waals surface area contributed by atoms with E-state index in [9.17, 15) is 4.79 Å². The van der Waals surface area contributed by atoms with Crippen molar-refractivity contribution in [3.8, 4) is 17.2 Å². The van der Waals surface area contributed by atoms with Gasteiger partial charge in [0.1, 0.15) is 0 Å². The number of ether oxygens (including phenoxy) is 4. The van der Waals surface area contributed by atoms with Crippen LogP contribution in [0.2, 0.25) is 0 Å². The summed E-state index contributed by atoms with van der Waals surface area (Å²) in [6, 6.07) is 11.0. The van der Waals surface area contributed by atoms with Crippen LogP contribution < -0.4 is 14.2 Å². The first kappa shape index (κ1) is 19.9. The predicted octanol–water partition coefficient (Wildman–Crippen LogP) is 4.26. The van der Waals surface area contributed by atoms with Gasteiger partial charge >= 0.3 is 6.09 Å². The van der Waals surface area contributed by atoms with Crippen LogP contribution in [0.25, 0.3) is 0 Å². The maximum Gasteiger partial charge on any atom is 0.410 e. The van der Waals surface area contributed by atoms with E-state index in [0.29, 0.717) is 21.7 Å². The van der Waals surface area contributed by atoms with E-state index >= 15 is 0 Å². The normalized spacial score (nSPS) is 11.5. The van der Waals surface area contributed by atoms with Gasteiger partial charge in [-0.3, -0.25) is 0 Å². The average Bonchev–Trinajstić information content (AvgIpc) is 2.68. The fourth-order valence-corrected chi connectivity index (χ4v) is 3.51. The van der Waals surface area contributed by atoms with E-state index in [1.165, 1.54) is 12.0 Å². The molecule has 1 atom stereocenters. The van der Waals surface area contributed by atoms with E-state index in [4.69, 9.17) is 18.9 Å². The molecule has 0 aliphatic rings. The number of carbonyl (C=O) groups excluding carboxylic acids is 1. The van der Waals surface area contributed by atoms with E-state index < -0.39 is 12.1 Å². The van der Waals surface area contributed by atoms with Crippen molar-refractivity contribution >= 4 is 22.0 Å². The molecule has 0 unspecified atom stereocenters. The molecule has 140 valence electrons. The quantitative estimate of drug-likeness (QED) is 0.694. The largest absolute Gasteiger partial charge is 0.493 e. The Morgan fingerprint density at radius 2 is 1.62 bits per heavy atom. The highest BCUT2D eigenvalue weighted by atomic mass is 79.9. The number of methoxy groups -OCH3 is 4. The van der Waals surface area contributed by atoms with E-state index in [-0.39, 0.29) is 0 Å². The Labute approximate surface area is 161 Å². The second-order valence-electron chi connectivity index (χ2n) is 5.44. The third kappa shape index (κ3) is 3.72. The number of amides is 1. The van der Waals surface area contributed by atoms with Crippen LogP contribution in [-0.2, 0) is 4.74 Å². The molecular formula is C19H22BrNO5. The van der Waals surface area contributed by atoms with Crippen molar-refractivity contribution in [2.24, 2.45) is 0 Å². The van der Waals surface area contributed by atoms with Crippen LogP contribution >= 0.6 is 15.9 Å². The Bertz CT molecular complexity index is 766. The highest BCUT2D eigenvalue weighted by Gasteiger charge is 2.30. The molecule has 0 saturated heterocycles. The van der Waals surface area contributed by atoms with Gasteiger partial charge in [0.2, 0.25) is 5.75 Å². The molecule has 6 nitrogen and oxygen atoms in total.